The van der Waals surface area contributed by atoms with Gasteiger partial charge in [0.15, 0.2) is 0 Å². The second kappa shape index (κ2) is 8.48. The maximum Gasteiger partial charge on any atom is 0.0697 e. The third kappa shape index (κ3) is 6.02. The van der Waals surface area contributed by atoms with E-state index in [2.05, 4.69) is 6.92 Å². The summed E-state index contributed by atoms with van der Waals surface area (Å²) in [5.41, 5.74) is 0. The molecule has 0 aliphatic rings. The van der Waals surface area contributed by atoms with Gasteiger partial charge in [0.05, 0.1) is 25.9 Å². The third-order valence-electron chi connectivity index (χ3n) is 2.22. The van der Waals surface area contributed by atoms with E-state index in [0.29, 0.717) is 13.2 Å². The Bertz CT molecular complexity index is 106. The second-order valence-corrected chi connectivity index (χ2v) is 3.32. The lowest BCUT2D eigenvalue weighted by atomic mass is 9.97. The Morgan fingerprint density at radius 1 is 1.31 bits per heavy atom. The first-order valence-electron chi connectivity index (χ1n) is 5.12. The zero-order valence-electron chi connectivity index (χ0n) is 8.70. The van der Waals surface area contributed by atoms with Gasteiger partial charge >= 0.3 is 0 Å². The Morgan fingerprint density at radius 2 is 2.00 bits per heavy atom. The molecule has 0 bridgehead atoms. The zero-order valence-corrected chi connectivity index (χ0v) is 8.70. The lowest BCUT2D eigenvalue weighted by Gasteiger charge is -2.20. The fourth-order valence-electron chi connectivity index (χ4n) is 1.33. The first-order valence-corrected chi connectivity index (χ1v) is 5.12. The zero-order chi connectivity index (χ0) is 10.1. The number of hydrogen-bond donors (Lipinski definition) is 2. The monoisotopic (exact) mass is 190 g/mol. The molecule has 3 heteroatoms. The summed E-state index contributed by atoms with van der Waals surface area (Å²) in [6.07, 6.45) is 2.50. The van der Waals surface area contributed by atoms with Crippen LogP contribution in [0, 0.1) is 5.92 Å². The molecule has 3 nitrogen and oxygen atoms in total. The molecule has 13 heavy (non-hydrogen) atoms. The first-order chi connectivity index (χ1) is 6.26. The van der Waals surface area contributed by atoms with Crippen molar-refractivity contribution >= 4 is 0 Å². The molecule has 80 valence electrons. The fourth-order valence-corrected chi connectivity index (χ4v) is 1.33. The highest BCUT2D eigenvalue weighted by Gasteiger charge is 2.16. The van der Waals surface area contributed by atoms with E-state index < -0.39 is 0 Å². The Kier molecular flexibility index (Phi) is 8.40. The Hall–Kier alpha value is -0.120. The maximum absolute atomic E-state index is 9.67. The average Bonchev–Trinajstić information content (AvgIpc) is 2.13. The van der Waals surface area contributed by atoms with E-state index in [4.69, 9.17) is 9.84 Å². The van der Waals surface area contributed by atoms with Crippen LogP contribution in [0.1, 0.15) is 33.1 Å². The molecule has 0 aromatic heterocycles. The van der Waals surface area contributed by atoms with Gasteiger partial charge in [0.1, 0.15) is 0 Å². The predicted octanol–water partition coefficient (Wildman–Crippen LogP) is 1.18. The summed E-state index contributed by atoms with van der Waals surface area (Å²) in [7, 11) is 0. The maximum atomic E-state index is 9.67. The van der Waals surface area contributed by atoms with Crippen LogP contribution in [0.5, 0.6) is 0 Å². The fraction of sp³-hybridized carbons (Fsp3) is 1.00. The van der Waals surface area contributed by atoms with Crippen LogP contribution in [-0.4, -0.2) is 36.1 Å². The van der Waals surface area contributed by atoms with Crippen LogP contribution in [0.25, 0.3) is 0 Å². The van der Waals surface area contributed by atoms with Gasteiger partial charge in [-0.15, -0.1) is 0 Å². The van der Waals surface area contributed by atoms with E-state index in [1.54, 1.807) is 0 Å². The van der Waals surface area contributed by atoms with Gasteiger partial charge in [-0.25, -0.2) is 0 Å². The van der Waals surface area contributed by atoms with Crippen molar-refractivity contribution in [2.45, 2.75) is 39.2 Å². The van der Waals surface area contributed by atoms with Crippen LogP contribution in [0.3, 0.4) is 0 Å². The molecule has 2 unspecified atom stereocenters. The van der Waals surface area contributed by atoms with Crippen LogP contribution < -0.4 is 0 Å². The minimum absolute atomic E-state index is 0.0559. The summed E-state index contributed by atoms with van der Waals surface area (Å²) in [4.78, 5) is 0. The van der Waals surface area contributed by atoms with Crippen molar-refractivity contribution in [1.29, 1.82) is 0 Å². The van der Waals surface area contributed by atoms with E-state index in [0.717, 1.165) is 19.3 Å². The van der Waals surface area contributed by atoms with Crippen molar-refractivity contribution in [2.75, 3.05) is 19.8 Å². The van der Waals surface area contributed by atoms with Gasteiger partial charge in [-0.1, -0.05) is 20.3 Å². The standard InChI is InChI=1S/C10H22O3/c1-3-5-10(12)9(4-2)8-13-7-6-11/h9-12H,3-8H2,1-2H3. The molecule has 0 radical (unpaired) electrons. The summed E-state index contributed by atoms with van der Waals surface area (Å²) in [6, 6.07) is 0. The Labute approximate surface area is 80.7 Å². The summed E-state index contributed by atoms with van der Waals surface area (Å²) >= 11 is 0. The molecular weight excluding hydrogens is 168 g/mol. The van der Waals surface area contributed by atoms with Gasteiger partial charge in [0, 0.05) is 5.92 Å². The van der Waals surface area contributed by atoms with Crippen LogP contribution >= 0.6 is 0 Å². The SMILES string of the molecule is CCCC(O)C(CC)COCCO. The number of aliphatic hydroxyl groups is 2. The lowest BCUT2D eigenvalue weighted by Crippen LogP contribution is -2.24. The molecule has 0 heterocycles. The number of aliphatic hydroxyl groups excluding tert-OH is 2. The molecule has 2 N–H and O–H groups in total. The smallest absolute Gasteiger partial charge is 0.0697 e. The van der Waals surface area contributed by atoms with Gasteiger partial charge in [0.25, 0.3) is 0 Å². The first kappa shape index (κ1) is 12.9. The normalized spacial score (nSPS) is 15.7. The van der Waals surface area contributed by atoms with Crippen molar-refractivity contribution in [3.8, 4) is 0 Å². The third-order valence-corrected chi connectivity index (χ3v) is 2.22. The molecule has 0 aromatic carbocycles. The minimum Gasteiger partial charge on any atom is -0.394 e. The van der Waals surface area contributed by atoms with Crippen molar-refractivity contribution < 1.29 is 14.9 Å². The number of rotatable bonds is 8. The average molecular weight is 190 g/mol. The summed E-state index contributed by atoms with van der Waals surface area (Å²) in [6.45, 7) is 5.09. The Morgan fingerprint density at radius 3 is 2.46 bits per heavy atom. The van der Waals surface area contributed by atoms with E-state index in [9.17, 15) is 5.11 Å². The quantitative estimate of drug-likeness (QED) is 0.565. The summed E-state index contributed by atoms with van der Waals surface area (Å²) in [5, 5.41) is 18.2. The number of ether oxygens (including phenoxy) is 1. The lowest BCUT2D eigenvalue weighted by molar-refractivity contribution is 0.0108. The molecule has 2 atom stereocenters. The second-order valence-electron chi connectivity index (χ2n) is 3.32. The van der Waals surface area contributed by atoms with E-state index in [1.165, 1.54) is 0 Å². The van der Waals surface area contributed by atoms with Crippen LogP contribution in [0.15, 0.2) is 0 Å². The van der Waals surface area contributed by atoms with Gasteiger partial charge in [-0.3, -0.25) is 0 Å². The van der Waals surface area contributed by atoms with E-state index in [-0.39, 0.29) is 18.6 Å². The van der Waals surface area contributed by atoms with Gasteiger partial charge < -0.3 is 14.9 Å². The summed E-state index contributed by atoms with van der Waals surface area (Å²) < 4.78 is 5.19. The van der Waals surface area contributed by atoms with Crippen molar-refractivity contribution in [2.24, 2.45) is 5.92 Å². The molecule has 0 rings (SSSR count). The highest BCUT2D eigenvalue weighted by molar-refractivity contribution is 4.66. The predicted molar refractivity (Wildman–Crippen MR) is 52.6 cm³/mol. The van der Waals surface area contributed by atoms with E-state index >= 15 is 0 Å². The molecule has 0 aromatic rings. The van der Waals surface area contributed by atoms with Crippen molar-refractivity contribution in [3.63, 3.8) is 0 Å². The highest BCUT2D eigenvalue weighted by Crippen LogP contribution is 2.13. The Balaban J connectivity index is 3.60. The molecule has 0 spiro atoms. The molecule has 0 aliphatic heterocycles. The molecule has 0 aliphatic carbocycles. The molecule has 0 saturated heterocycles. The minimum atomic E-state index is -0.256. The molecule has 0 fully saturated rings. The van der Waals surface area contributed by atoms with Crippen molar-refractivity contribution in [3.05, 3.63) is 0 Å². The highest BCUT2D eigenvalue weighted by atomic mass is 16.5. The van der Waals surface area contributed by atoms with Crippen LogP contribution in [0.2, 0.25) is 0 Å². The van der Waals surface area contributed by atoms with E-state index in [1.807, 2.05) is 6.92 Å². The molecule has 0 amide bonds. The molecule has 0 saturated carbocycles. The largest absolute Gasteiger partial charge is 0.394 e. The van der Waals surface area contributed by atoms with Crippen molar-refractivity contribution in [1.82, 2.24) is 0 Å². The van der Waals surface area contributed by atoms with Gasteiger partial charge in [0.2, 0.25) is 0 Å². The molecular formula is C10H22O3. The topological polar surface area (TPSA) is 49.7 Å². The van der Waals surface area contributed by atoms with Gasteiger partial charge in [-0.2, -0.15) is 0 Å². The van der Waals surface area contributed by atoms with Crippen LogP contribution in [0.4, 0.5) is 0 Å². The van der Waals surface area contributed by atoms with Gasteiger partial charge in [-0.05, 0) is 12.8 Å². The van der Waals surface area contributed by atoms with Crippen LogP contribution in [-0.2, 0) is 4.74 Å². The number of hydrogen-bond acceptors (Lipinski definition) is 3. The summed E-state index contributed by atoms with van der Waals surface area (Å²) in [5.74, 6) is 0.214.